The van der Waals surface area contributed by atoms with Gasteiger partial charge in [0.2, 0.25) is 0 Å². The van der Waals surface area contributed by atoms with Crippen LogP contribution in [0.4, 0.5) is 5.69 Å². The van der Waals surface area contributed by atoms with Gasteiger partial charge in [0.1, 0.15) is 5.75 Å². The molecule has 0 saturated carbocycles. The van der Waals surface area contributed by atoms with E-state index in [1.165, 1.54) is 0 Å². The molecule has 0 saturated heterocycles. The Morgan fingerprint density at radius 3 is 2.35 bits per heavy atom. The van der Waals surface area contributed by atoms with Crippen molar-refractivity contribution in [3.63, 3.8) is 0 Å². The zero-order chi connectivity index (χ0) is 15.0. The maximum Gasteiger partial charge on any atom is 0.313 e. The van der Waals surface area contributed by atoms with E-state index in [2.05, 4.69) is 10.6 Å². The molecule has 6 heteroatoms. The summed E-state index contributed by atoms with van der Waals surface area (Å²) in [4.78, 5) is 23.2. The summed E-state index contributed by atoms with van der Waals surface area (Å²) in [6.07, 6.45) is 0.554. The van der Waals surface area contributed by atoms with Crippen LogP contribution < -0.4 is 15.4 Å². The first-order valence-corrected chi connectivity index (χ1v) is 6.56. The first-order chi connectivity index (χ1) is 9.60. The summed E-state index contributed by atoms with van der Waals surface area (Å²) in [5.41, 5.74) is 0.505. The van der Waals surface area contributed by atoms with Crippen molar-refractivity contribution >= 4 is 17.5 Å². The predicted octanol–water partition coefficient (Wildman–Crippen LogP) is 0.911. The number of carbonyl (C=O) groups is 2. The van der Waals surface area contributed by atoms with Gasteiger partial charge in [-0.05, 0) is 37.6 Å². The number of hydrogen-bond acceptors (Lipinski definition) is 4. The molecule has 110 valence electrons. The number of carbonyl (C=O) groups excluding carboxylic acids is 2. The van der Waals surface area contributed by atoms with Crippen molar-refractivity contribution in [2.24, 2.45) is 0 Å². The number of amides is 2. The highest BCUT2D eigenvalue weighted by atomic mass is 16.5. The fourth-order valence-electron chi connectivity index (χ4n) is 1.52. The van der Waals surface area contributed by atoms with Crippen LogP contribution in [0.1, 0.15) is 20.3 Å². The Kier molecular flexibility index (Phi) is 6.52. The number of aliphatic hydroxyl groups excluding tert-OH is 1. The van der Waals surface area contributed by atoms with Gasteiger partial charge in [-0.2, -0.15) is 0 Å². The molecule has 0 unspecified atom stereocenters. The molecule has 0 heterocycles. The SMILES string of the molecule is CCOc1ccc(NC(=O)C(=O)N[C@H](CC)CO)cc1. The lowest BCUT2D eigenvalue weighted by molar-refractivity contribution is -0.136. The van der Waals surface area contributed by atoms with E-state index in [0.29, 0.717) is 24.5 Å². The second-order valence-corrected chi connectivity index (χ2v) is 4.17. The van der Waals surface area contributed by atoms with Gasteiger partial charge >= 0.3 is 11.8 Å². The largest absolute Gasteiger partial charge is 0.494 e. The molecule has 6 nitrogen and oxygen atoms in total. The predicted molar refractivity (Wildman–Crippen MR) is 75.5 cm³/mol. The van der Waals surface area contributed by atoms with Gasteiger partial charge < -0.3 is 20.5 Å². The van der Waals surface area contributed by atoms with Crippen molar-refractivity contribution < 1.29 is 19.4 Å². The van der Waals surface area contributed by atoms with Crippen molar-refractivity contribution in [1.82, 2.24) is 5.32 Å². The summed E-state index contributed by atoms with van der Waals surface area (Å²) in [6.45, 7) is 4.06. The number of nitrogens with one attached hydrogen (secondary N) is 2. The second kappa shape index (κ2) is 8.16. The first-order valence-electron chi connectivity index (χ1n) is 6.56. The summed E-state index contributed by atoms with van der Waals surface area (Å²) >= 11 is 0. The van der Waals surface area contributed by atoms with Gasteiger partial charge in [0.05, 0.1) is 19.3 Å². The Hall–Kier alpha value is -2.08. The molecule has 1 rings (SSSR count). The second-order valence-electron chi connectivity index (χ2n) is 4.17. The molecule has 0 spiro atoms. The van der Waals surface area contributed by atoms with Gasteiger partial charge in [-0.15, -0.1) is 0 Å². The van der Waals surface area contributed by atoms with E-state index in [9.17, 15) is 9.59 Å². The lowest BCUT2D eigenvalue weighted by atomic mass is 10.2. The molecule has 0 bridgehead atoms. The highest BCUT2D eigenvalue weighted by Gasteiger charge is 2.17. The van der Waals surface area contributed by atoms with Crippen molar-refractivity contribution in [3.05, 3.63) is 24.3 Å². The average Bonchev–Trinajstić information content (AvgIpc) is 2.46. The van der Waals surface area contributed by atoms with Crippen LogP contribution in [-0.2, 0) is 9.59 Å². The lowest BCUT2D eigenvalue weighted by Gasteiger charge is -2.13. The van der Waals surface area contributed by atoms with E-state index in [4.69, 9.17) is 9.84 Å². The summed E-state index contributed by atoms with van der Waals surface area (Å²) < 4.78 is 5.28. The fourth-order valence-corrected chi connectivity index (χ4v) is 1.52. The zero-order valence-electron chi connectivity index (χ0n) is 11.7. The van der Waals surface area contributed by atoms with Gasteiger partial charge in [-0.3, -0.25) is 9.59 Å². The lowest BCUT2D eigenvalue weighted by Crippen LogP contribution is -2.43. The van der Waals surface area contributed by atoms with E-state index >= 15 is 0 Å². The monoisotopic (exact) mass is 280 g/mol. The molecular weight excluding hydrogens is 260 g/mol. The Balaban J connectivity index is 2.54. The minimum Gasteiger partial charge on any atom is -0.494 e. The summed E-state index contributed by atoms with van der Waals surface area (Å²) in [5, 5.41) is 13.9. The highest BCUT2D eigenvalue weighted by molar-refractivity contribution is 6.39. The number of hydrogen-bond donors (Lipinski definition) is 3. The molecule has 0 aromatic heterocycles. The fraction of sp³-hybridized carbons (Fsp3) is 0.429. The summed E-state index contributed by atoms with van der Waals surface area (Å²) in [5.74, 6) is -0.831. The number of ether oxygens (including phenoxy) is 1. The maximum atomic E-state index is 11.7. The minimum absolute atomic E-state index is 0.196. The van der Waals surface area contributed by atoms with Crippen LogP contribution in [0.2, 0.25) is 0 Å². The van der Waals surface area contributed by atoms with Crippen LogP contribution in [0.15, 0.2) is 24.3 Å². The summed E-state index contributed by atoms with van der Waals surface area (Å²) in [7, 11) is 0. The number of aliphatic hydroxyl groups is 1. The van der Waals surface area contributed by atoms with Gasteiger partial charge in [0, 0.05) is 5.69 Å². The smallest absolute Gasteiger partial charge is 0.313 e. The Morgan fingerprint density at radius 1 is 1.20 bits per heavy atom. The molecule has 0 radical (unpaired) electrons. The topological polar surface area (TPSA) is 87.7 Å². The Labute approximate surface area is 118 Å². The van der Waals surface area contributed by atoms with Crippen LogP contribution in [0.5, 0.6) is 5.75 Å². The normalized spacial score (nSPS) is 11.6. The average molecular weight is 280 g/mol. The van der Waals surface area contributed by atoms with Crippen LogP contribution in [0.3, 0.4) is 0 Å². The molecule has 0 aliphatic carbocycles. The Bertz CT molecular complexity index is 441. The van der Waals surface area contributed by atoms with Crippen molar-refractivity contribution in [2.45, 2.75) is 26.3 Å². The molecule has 0 aliphatic rings. The van der Waals surface area contributed by atoms with Crippen LogP contribution in [-0.4, -0.2) is 36.2 Å². The maximum absolute atomic E-state index is 11.7. The van der Waals surface area contributed by atoms with E-state index in [1.807, 2.05) is 13.8 Å². The van der Waals surface area contributed by atoms with E-state index < -0.39 is 17.9 Å². The minimum atomic E-state index is -0.764. The van der Waals surface area contributed by atoms with Gasteiger partial charge in [0.25, 0.3) is 0 Å². The molecule has 2 amide bonds. The molecule has 1 atom stereocenters. The quantitative estimate of drug-likeness (QED) is 0.676. The number of anilines is 1. The number of benzene rings is 1. The molecular formula is C14H20N2O4. The van der Waals surface area contributed by atoms with Crippen LogP contribution in [0.25, 0.3) is 0 Å². The third-order valence-corrected chi connectivity index (χ3v) is 2.68. The Morgan fingerprint density at radius 2 is 1.85 bits per heavy atom. The molecule has 0 aliphatic heterocycles. The van der Waals surface area contributed by atoms with Crippen molar-refractivity contribution in [3.8, 4) is 5.75 Å². The zero-order valence-corrected chi connectivity index (χ0v) is 11.7. The van der Waals surface area contributed by atoms with Crippen LogP contribution >= 0.6 is 0 Å². The first kappa shape index (κ1) is 16.0. The molecule has 0 fully saturated rings. The van der Waals surface area contributed by atoms with E-state index in [1.54, 1.807) is 24.3 Å². The number of rotatable bonds is 6. The third kappa shape index (κ3) is 4.89. The van der Waals surface area contributed by atoms with Gasteiger partial charge in [-0.1, -0.05) is 6.92 Å². The van der Waals surface area contributed by atoms with Crippen molar-refractivity contribution in [2.75, 3.05) is 18.5 Å². The van der Waals surface area contributed by atoms with E-state index in [0.717, 1.165) is 0 Å². The van der Waals surface area contributed by atoms with Gasteiger partial charge in [-0.25, -0.2) is 0 Å². The third-order valence-electron chi connectivity index (χ3n) is 2.68. The molecule has 20 heavy (non-hydrogen) atoms. The molecule has 1 aromatic rings. The molecule has 1 aromatic carbocycles. The highest BCUT2D eigenvalue weighted by Crippen LogP contribution is 2.15. The van der Waals surface area contributed by atoms with Crippen LogP contribution in [0, 0.1) is 0 Å². The standard InChI is InChI=1S/C14H20N2O4/c1-3-10(9-17)15-13(18)14(19)16-11-5-7-12(8-6-11)20-4-2/h5-8,10,17H,3-4,9H2,1-2H3,(H,15,18)(H,16,19)/t10-/m1/s1. The van der Waals surface area contributed by atoms with Gasteiger partial charge in [0.15, 0.2) is 0 Å². The molecule has 3 N–H and O–H groups in total. The van der Waals surface area contributed by atoms with E-state index in [-0.39, 0.29) is 6.61 Å². The van der Waals surface area contributed by atoms with Crippen molar-refractivity contribution in [1.29, 1.82) is 0 Å². The summed E-state index contributed by atoms with van der Waals surface area (Å²) in [6, 6.07) is 6.31.